The molecular formula is C17H27NO2. The van der Waals surface area contributed by atoms with Crippen LogP contribution < -0.4 is 0 Å². The molecule has 0 heterocycles. The van der Waals surface area contributed by atoms with Crippen LogP contribution in [0, 0.1) is 0 Å². The molecule has 1 rings (SSSR count). The van der Waals surface area contributed by atoms with E-state index in [1.807, 2.05) is 35.2 Å². The number of rotatable bonds is 10. The number of benzene rings is 1. The maximum atomic E-state index is 12.1. The first-order valence-electron chi connectivity index (χ1n) is 7.67. The minimum absolute atomic E-state index is 0.114. The first kappa shape index (κ1) is 16.7. The van der Waals surface area contributed by atoms with Crippen molar-refractivity contribution in [3.05, 3.63) is 35.9 Å². The third-order valence-electron chi connectivity index (χ3n) is 3.25. The zero-order valence-corrected chi connectivity index (χ0v) is 12.8. The summed E-state index contributed by atoms with van der Waals surface area (Å²) in [6.07, 6.45) is 4.35. The van der Waals surface area contributed by atoms with E-state index in [2.05, 4.69) is 13.8 Å². The van der Waals surface area contributed by atoms with Gasteiger partial charge in [-0.3, -0.25) is 4.79 Å². The molecule has 0 saturated carbocycles. The lowest BCUT2D eigenvalue weighted by Gasteiger charge is -2.22. The van der Waals surface area contributed by atoms with Crippen molar-refractivity contribution in [3.63, 3.8) is 0 Å². The minimum atomic E-state index is 0.114. The Morgan fingerprint density at radius 1 is 1.05 bits per heavy atom. The Kier molecular flexibility index (Phi) is 8.72. The normalized spacial score (nSPS) is 10.5. The number of carbonyl (C=O) groups excluding carboxylic acids is 1. The highest BCUT2D eigenvalue weighted by Crippen LogP contribution is 2.03. The molecule has 0 aliphatic heterocycles. The zero-order valence-electron chi connectivity index (χ0n) is 12.8. The van der Waals surface area contributed by atoms with Crippen LogP contribution in [0.2, 0.25) is 0 Å². The quantitative estimate of drug-likeness (QED) is 0.653. The van der Waals surface area contributed by atoms with E-state index >= 15 is 0 Å². The van der Waals surface area contributed by atoms with Gasteiger partial charge in [0.25, 0.3) is 0 Å². The van der Waals surface area contributed by atoms with E-state index in [1.54, 1.807) is 0 Å². The second kappa shape index (κ2) is 10.4. The number of carbonyl (C=O) groups is 1. The van der Waals surface area contributed by atoms with E-state index in [0.29, 0.717) is 6.61 Å². The summed E-state index contributed by atoms with van der Waals surface area (Å²) in [5.74, 6) is 0.114. The Labute approximate surface area is 122 Å². The Hall–Kier alpha value is -1.35. The van der Waals surface area contributed by atoms with E-state index in [1.165, 1.54) is 0 Å². The average Bonchev–Trinajstić information content (AvgIpc) is 2.48. The van der Waals surface area contributed by atoms with Crippen LogP contribution in [0.1, 0.15) is 45.1 Å². The molecule has 0 spiro atoms. The summed E-state index contributed by atoms with van der Waals surface area (Å²) in [4.78, 5) is 14.1. The number of nitrogens with zero attached hydrogens (tertiary/aromatic N) is 1. The zero-order chi connectivity index (χ0) is 14.6. The summed E-state index contributed by atoms with van der Waals surface area (Å²) in [6.45, 7) is 6.68. The van der Waals surface area contributed by atoms with Crippen molar-refractivity contribution in [1.82, 2.24) is 4.90 Å². The smallest absolute Gasteiger partial charge is 0.248 e. The van der Waals surface area contributed by atoms with Gasteiger partial charge in [-0.1, -0.05) is 57.0 Å². The van der Waals surface area contributed by atoms with Gasteiger partial charge in [0.15, 0.2) is 0 Å². The fourth-order valence-corrected chi connectivity index (χ4v) is 1.98. The van der Waals surface area contributed by atoms with Gasteiger partial charge < -0.3 is 9.64 Å². The second-order valence-electron chi connectivity index (χ2n) is 5.07. The first-order chi connectivity index (χ1) is 9.77. The van der Waals surface area contributed by atoms with Gasteiger partial charge in [-0.2, -0.15) is 0 Å². The maximum absolute atomic E-state index is 12.1. The molecule has 0 radical (unpaired) electrons. The van der Waals surface area contributed by atoms with Gasteiger partial charge in [-0.25, -0.2) is 0 Å². The van der Waals surface area contributed by atoms with Crippen molar-refractivity contribution in [1.29, 1.82) is 0 Å². The number of amides is 1. The molecule has 1 amide bonds. The number of hydrogen-bond acceptors (Lipinski definition) is 2. The number of hydrogen-bond donors (Lipinski definition) is 0. The van der Waals surface area contributed by atoms with E-state index in [9.17, 15) is 4.79 Å². The molecular weight excluding hydrogens is 250 g/mol. The molecule has 0 N–H and O–H groups in total. The summed E-state index contributed by atoms with van der Waals surface area (Å²) in [5.41, 5.74) is 1.11. The Bertz CT molecular complexity index is 357. The molecule has 20 heavy (non-hydrogen) atoms. The molecule has 0 aromatic heterocycles. The lowest BCUT2D eigenvalue weighted by atomic mass is 10.2. The highest BCUT2D eigenvalue weighted by Gasteiger charge is 2.12. The highest BCUT2D eigenvalue weighted by molar-refractivity contribution is 5.77. The molecule has 0 atom stereocenters. The van der Waals surface area contributed by atoms with Crippen molar-refractivity contribution < 1.29 is 9.53 Å². The van der Waals surface area contributed by atoms with Crippen molar-refractivity contribution in [2.24, 2.45) is 0 Å². The van der Waals surface area contributed by atoms with E-state index in [4.69, 9.17) is 4.74 Å². The van der Waals surface area contributed by atoms with Crippen LogP contribution in [0.15, 0.2) is 30.3 Å². The van der Waals surface area contributed by atoms with Crippen molar-refractivity contribution in [3.8, 4) is 0 Å². The monoisotopic (exact) mass is 277 g/mol. The summed E-state index contributed by atoms with van der Waals surface area (Å²) in [6, 6.07) is 9.96. The van der Waals surface area contributed by atoms with E-state index < -0.39 is 0 Å². The highest BCUT2D eigenvalue weighted by atomic mass is 16.5. The lowest BCUT2D eigenvalue weighted by molar-refractivity contribution is -0.136. The van der Waals surface area contributed by atoms with E-state index in [0.717, 1.165) is 44.3 Å². The number of ether oxygens (including phenoxy) is 1. The van der Waals surface area contributed by atoms with Crippen molar-refractivity contribution in [2.75, 3.05) is 19.7 Å². The van der Waals surface area contributed by atoms with Gasteiger partial charge in [0.05, 0.1) is 6.61 Å². The minimum Gasteiger partial charge on any atom is -0.367 e. The summed E-state index contributed by atoms with van der Waals surface area (Å²) in [7, 11) is 0. The molecule has 3 heteroatoms. The lowest BCUT2D eigenvalue weighted by Crippen LogP contribution is -2.35. The topological polar surface area (TPSA) is 29.5 Å². The summed E-state index contributed by atoms with van der Waals surface area (Å²) < 4.78 is 5.53. The van der Waals surface area contributed by atoms with Gasteiger partial charge in [0, 0.05) is 13.1 Å². The van der Waals surface area contributed by atoms with Crippen LogP contribution in [-0.4, -0.2) is 30.5 Å². The van der Waals surface area contributed by atoms with Crippen LogP contribution in [0.5, 0.6) is 0 Å². The Morgan fingerprint density at radius 3 is 2.20 bits per heavy atom. The Balaban J connectivity index is 2.32. The van der Waals surface area contributed by atoms with Crippen LogP contribution in [0.25, 0.3) is 0 Å². The summed E-state index contributed by atoms with van der Waals surface area (Å²) >= 11 is 0. The molecule has 0 aliphatic carbocycles. The largest absolute Gasteiger partial charge is 0.367 e. The van der Waals surface area contributed by atoms with Crippen molar-refractivity contribution >= 4 is 5.91 Å². The van der Waals surface area contributed by atoms with Crippen LogP contribution in [-0.2, 0) is 16.1 Å². The molecule has 0 aliphatic rings. The van der Waals surface area contributed by atoms with Gasteiger partial charge in [0.1, 0.15) is 6.61 Å². The Morgan fingerprint density at radius 2 is 1.65 bits per heavy atom. The molecule has 0 saturated heterocycles. The predicted molar refractivity (Wildman–Crippen MR) is 82.5 cm³/mol. The molecule has 3 nitrogen and oxygen atoms in total. The number of unbranched alkanes of at least 4 members (excludes halogenated alkanes) is 2. The molecule has 1 aromatic rings. The first-order valence-corrected chi connectivity index (χ1v) is 7.67. The molecule has 0 fully saturated rings. The molecule has 0 unspecified atom stereocenters. The second-order valence-corrected chi connectivity index (χ2v) is 5.07. The third kappa shape index (κ3) is 6.71. The molecule has 0 bridgehead atoms. The van der Waals surface area contributed by atoms with Crippen LogP contribution in [0.3, 0.4) is 0 Å². The average molecular weight is 277 g/mol. The maximum Gasteiger partial charge on any atom is 0.248 e. The fraction of sp³-hybridized carbons (Fsp3) is 0.588. The predicted octanol–water partition coefficient (Wildman–Crippen LogP) is 3.63. The fourth-order valence-electron chi connectivity index (χ4n) is 1.98. The van der Waals surface area contributed by atoms with Gasteiger partial charge in [0.2, 0.25) is 5.91 Å². The standard InChI is InChI=1S/C17H27NO2/c1-3-5-12-18(13-6-4-2)17(19)15-20-14-16-10-8-7-9-11-16/h7-11H,3-6,12-15H2,1-2H3. The summed E-state index contributed by atoms with van der Waals surface area (Å²) in [5, 5.41) is 0. The van der Waals surface area contributed by atoms with Gasteiger partial charge >= 0.3 is 0 Å². The van der Waals surface area contributed by atoms with Crippen LogP contribution >= 0.6 is 0 Å². The van der Waals surface area contributed by atoms with Gasteiger partial charge in [-0.15, -0.1) is 0 Å². The molecule has 1 aromatic carbocycles. The third-order valence-corrected chi connectivity index (χ3v) is 3.25. The van der Waals surface area contributed by atoms with Crippen molar-refractivity contribution in [2.45, 2.75) is 46.1 Å². The van der Waals surface area contributed by atoms with Crippen LogP contribution in [0.4, 0.5) is 0 Å². The van der Waals surface area contributed by atoms with E-state index in [-0.39, 0.29) is 12.5 Å². The van der Waals surface area contributed by atoms with Gasteiger partial charge in [-0.05, 0) is 18.4 Å². The SMILES string of the molecule is CCCCN(CCCC)C(=O)COCc1ccccc1. The molecule has 112 valence electrons.